The van der Waals surface area contributed by atoms with E-state index in [1.807, 2.05) is 0 Å². The van der Waals surface area contributed by atoms with E-state index in [-0.39, 0.29) is 4.70 Å². The Balaban J connectivity index is 0.00000196. The lowest BCUT2D eigenvalue weighted by Gasteiger charge is -2.27. The number of rotatable bonds is 4. The van der Waals surface area contributed by atoms with E-state index >= 15 is 0 Å². The van der Waals surface area contributed by atoms with E-state index in [0.717, 1.165) is 0 Å². The highest BCUT2D eigenvalue weighted by molar-refractivity contribution is 8.01. The van der Waals surface area contributed by atoms with Gasteiger partial charge in [0.05, 0.1) is 0 Å². The van der Waals surface area contributed by atoms with Crippen molar-refractivity contribution in [3.8, 4) is 0 Å². The Morgan fingerprint density at radius 2 is 0.500 bits per heavy atom. The lowest BCUT2D eigenvalue weighted by atomic mass is 10.3. The molecule has 0 atom stereocenters. The molecule has 0 amide bonds. The van der Waals surface area contributed by atoms with E-state index in [4.69, 9.17) is 0 Å². The first kappa shape index (κ1) is 18.0. The van der Waals surface area contributed by atoms with Gasteiger partial charge in [-0.2, -0.15) is 0 Å². The quantitative estimate of drug-likeness (QED) is 0.483. The number of hydrogen-bond acceptors (Lipinski definition) is 0. The number of benzene rings is 4. The highest BCUT2D eigenvalue weighted by atomic mass is 31.2. The third-order valence-electron chi connectivity index (χ3n) is 4.57. The molecule has 0 aliphatic heterocycles. The summed E-state index contributed by atoms with van der Waals surface area (Å²) in [6, 6.07) is 43.8. The van der Waals surface area contributed by atoms with Crippen molar-refractivity contribution in [3.63, 3.8) is 0 Å². The fourth-order valence-electron chi connectivity index (χ4n) is 3.50. The molecule has 26 heavy (non-hydrogen) atoms. The molecule has 4 aromatic carbocycles. The molecule has 0 saturated heterocycles. The largest absolute Gasteiger partial charge is 1.00 e. The molecule has 0 spiro atoms. The van der Waals surface area contributed by atoms with Crippen molar-refractivity contribution in [1.82, 2.24) is 0 Å². The standard InChI is InChI=1S/C24H20P.FH/c1-5-13-21(14-6-1)25(22-15-7-2-8-16-22,23-17-9-3-10-18-23)24-19-11-4-12-20-24;/h1-20H;1H/q+1;/p-1. The van der Waals surface area contributed by atoms with Crippen LogP contribution in [-0.4, -0.2) is 0 Å². The molecule has 0 fully saturated rings. The number of halogens is 1. The maximum atomic E-state index is 2.28. The molecule has 0 aliphatic rings. The maximum Gasteiger partial charge on any atom is 0.144 e. The van der Waals surface area contributed by atoms with Crippen LogP contribution in [-0.2, 0) is 0 Å². The first-order chi connectivity index (χ1) is 12.4. The third kappa shape index (κ3) is 3.07. The molecule has 4 aromatic rings. The van der Waals surface area contributed by atoms with Gasteiger partial charge in [0.1, 0.15) is 28.5 Å². The predicted molar refractivity (Wildman–Crippen MR) is 111 cm³/mol. The smallest absolute Gasteiger partial charge is 0.144 e. The minimum absolute atomic E-state index is 0. The van der Waals surface area contributed by atoms with Crippen molar-refractivity contribution < 1.29 is 4.70 Å². The Morgan fingerprint density at radius 1 is 0.308 bits per heavy atom. The van der Waals surface area contributed by atoms with Gasteiger partial charge in [0.15, 0.2) is 0 Å². The molecule has 0 unspecified atom stereocenters. The van der Waals surface area contributed by atoms with Gasteiger partial charge in [0.25, 0.3) is 0 Å². The average molecular weight is 358 g/mol. The molecule has 0 aliphatic carbocycles. The minimum atomic E-state index is -1.91. The fraction of sp³-hybridized carbons (Fsp3) is 0. The number of hydrogen-bond donors (Lipinski definition) is 0. The summed E-state index contributed by atoms with van der Waals surface area (Å²) in [6.07, 6.45) is 0. The van der Waals surface area contributed by atoms with E-state index in [9.17, 15) is 0 Å². The lowest BCUT2D eigenvalue weighted by Crippen LogP contribution is -3.00. The van der Waals surface area contributed by atoms with Gasteiger partial charge in [0, 0.05) is 0 Å². The zero-order chi connectivity index (χ0) is 17.0. The van der Waals surface area contributed by atoms with Crippen LogP contribution >= 0.6 is 7.26 Å². The summed E-state index contributed by atoms with van der Waals surface area (Å²) in [4.78, 5) is 0. The van der Waals surface area contributed by atoms with Gasteiger partial charge in [-0.1, -0.05) is 72.8 Å². The van der Waals surface area contributed by atoms with Gasteiger partial charge in [0.2, 0.25) is 0 Å². The average Bonchev–Trinajstić information content (AvgIpc) is 2.72. The summed E-state index contributed by atoms with van der Waals surface area (Å²) in [7, 11) is -1.91. The van der Waals surface area contributed by atoms with Crippen LogP contribution in [0.15, 0.2) is 121 Å². The maximum absolute atomic E-state index is 2.28. The molecular weight excluding hydrogens is 338 g/mol. The van der Waals surface area contributed by atoms with Crippen molar-refractivity contribution in [2.24, 2.45) is 0 Å². The molecule has 0 aromatic heterocycles. The van der Waals surface area contributed by atoms with Crippen molar-refractivity contribution >= 4 is 28.5 Å². The molecule has 0 bridgehead atoms. The summed E-state index contributed by atoms with van der Waals surface area (Å²) in [6.45, 7) is 0. The van der Waals surface area contributed by atoms with Crippen LogP contribution in [0.25, 0.3) is 0 Å². The predicted octanol–water partition coefficient (Wildman–Crippen LogP) is 1.31. The van der Waals surface area contributed by atoms with E-state index < -0.39 is 7.26 Å². The monoisotopic (exact) mass is 358 g/mol. The van der Waals surface area contributed by atoms with Gasteiger partial charge in [-0.05, 0) is 48.5 Å². The van der Waals surface area contributed by atoms with Gasteiger partial charge >= 0.3 is 0 Å². The first-order valence-corrected chi connectivity index (χ1v) is 10.3. The summed E-state index contributed by atoms with van der Waals surface area (Å²) in [5, 5.41) is 5.55. The first-order valence-electron chi connectivity index (χ1n) is 8.54. The van der Waals surface area contributed by atoms with E-state index in [1.54, 1.807) is 0 Å². The summed E-state index contributed by atoms with van der Waals surface area (Å²) < 4.78 is 0. The van der Waals surface area contributed by atoms with Crippen molar-refractivity contribution in [1.29, 1.82) is 0 Å². The normalized spacial score (nSPS) is 10.8. The molecule has 0 nitrogen and oxygen atoms in total. The van der Waals surface area contributed by atoms with Crippen LogP contribution in [0, 0.1) is 0 Å². The van der Waals surface area contributed by atoms with Crippen LogP contribution in [0.3, 0.4) is 0 Å². The van der Waals surface area contributed by atoms with Crippen LogP contribution in [0.4, 0.5) is 0 Å². The van der Waals surface area contributed by atoms with Crippen LogP contribution in [0.2, 0.25) is 0 Å². The second kappa shape index (κ2) is 8.08. The highest BCUT2D eigenvalue weighted by Gasteiger charge is 2.47. The van der Waals surface area contributed by atoms with Gasteiger partial charge < -0.3 is 4.70 Å². The van der Waals surface area contributed by atoms with Gasteiger partial charge in [-0.15, -0.1) is 0 Å². The van der Waals surface area contributed by atoms with Crippen LogP contribution < -0.4 is 25.9 Å². The molecule has 4 rings (SSSR count). The van der Waals surface area contributed by atoms with Crippen molar-refractivity contribution in [3.05, 3.63) is 121 Å². The minimum Gasteiger partial charge on any atom is -1.00 e. The van der Waals surface area contributed by atoms with Gasteiger partial charge in [-0.25, -0.2) is 0 Å². The van der Waals surface area contributed by atoms with Gasteiger partial charge in [-0.3, -0.25) is 0 Å². The second-order valence-corrected chi connectivity index (χ2v) is 9.42. The Bertz CT molecular complexity index is 759. The Labute approximate surface area is 154 Å². The Hall–Kier alpha value is -2.76. The zero-order valence-electron chi connectivity index (χ0n) is 14.4. The topological polar surface area (TPSA) is 0 Å². The van der Waals surface area contributed by atoms with Crippen LogP contribution in [0.5, 0.6) is 0 Å². The molecule has 0 saturated carbocycles. The molecule has 0 radical (unpaired) electrons. The highest BCUT2D eigenvalue weighted by Crippen LogP contribution is 2.53. The summed E-state index contributed by atoms with van der Waals surface area (Å²) in [5.74, 6) is 0. The van der Waals surface area contributed by atoms with Crippen molar-refractivity contribution in [2.75, 3.05) is 0 Å². The van der Waals surface area contributed by atoms with Crippen molar-refractivity contribution in [2.45, 2.75) is 0 Å². The van der Waals surface area contributed by atoms with E-state index in [2.05, 4.69) is 121 Å². The molecule has 0 heterocycles. The lowest BCUT2D eigenvalue weighted by molar-refractivity contribution is -0.00000473. The fourth-order valence-corrected chi connectivity index (χ4v) is 7.77. The Morgan fingerprint density at radius 3 is 0.692 bits per heavy atom. The molecule has 0 N–H and O–H groups in total. The summed E-state index contributed by atoms with van der Waals surface area (Å²) >= 11 is 0. The van der Waals surface area contributed by atoms with E-state index in [1.165, 1.54) is 21.2 Å². The molecule has 2 heteroatoms. The second-order valence-electron chi connectivity index (χ2n) is 6.01. The Kier molecular flexibility index (Phi) is 5.61. The van der Waals surface area contributed by atoms with E-state index in [0.29, 0.717) is 0 Å². The third-order valence-corrected chi connectivity index (χ3v) is 8.86. The summed E-state index contributed by atoms with van der Waals surface area (Å²) in [5.41, 5.74) is 0. The molecule has 128 valence electrons. The molecular formula is C24H20FP. The van der Waals surface area contributed by atoms with Crippen LogP contribution in [0.1, 0.15) is 0 Å². The zero-order valence-corrected chi connectivity index (χ0v) is 15.3. The SMILES string of the molecule is [F-].c1ccc([P+](c2ccccc2)(c2ccccc2)c2ccccc2)cc1.